The lowest BCUT2D eigenvalue weighted by atomic mass is 10.1. The Bertz CT molecular complexity index is 687. The zero-order chi connectivity index (χ0) is 24.1. The summed E-state index contributed by atoms with van der Waals surface area (Å²) in [5.41, 5.74) is 6.72. The van der Waals surface area contributed by atoms with Gasteiger partial charge < -0.3 is 25.6 Å². The lowest BCUT2D eigenvalue weighted by Gasteiger charge is -2.37. The van der Waals surface area contributed by atoms with Gasteiger partial charge in [-0.25, -0.2) is 4.79 Å². The van der Waals surface area contributed by atoms with Crippen LogP contribution >= 0.6 is 0 Å². The lowest BCUT2D eigenvalue weighted by molar-refractivity contribution is -0.133. The number of carbonyl (C=O) groups is 2. The first kappa shape index (κ1) is 30.4. The maximum Gasteiger partial charge on any atom is 0.762 e. The highest BCUT2D eigenvalue weighted by atomic mass is 19.4. The summed E-state index contributed by atoms with van der Waals surface area (Å²) in [6.07, 6.45) is 5.29. The van der Waals surface area contributed by atoms with E-state index in [0.29, 0.717) is 26.1 Å². The number of hydrogen-bond donors (Lipinski definition) is 2. The van der Waals surface area contributed by atoms with E-state index in [1.807, 2.05) is 37.8 Å². The summed E-state index contributed by atoms with van der Waals surface area (Å²) in [4.78, 5) is 32.3. The fraction of sp³-hybridized carbons (Fsp3) is 0.650. The molecule has 33 heavy (non-hydrogen) atoms. The van der Waals surface area contributed by atoms with Crippen molar-refractivity contribution in [1.29, 1.82) is 0 Å². The molecule has 1 saturated heterocycles. The van der Waals surface area contributed by atoms with Crippen LogP contribution in [-0.4, -0.2) is 73.8 Å². The molecule has 0 unspecified atom stereocenters. The quantitative estimate of drug-likeness (QED) is 0.355. The van der Waals surface area contributed by atoms with Crippen molar-refractivity contribution >= 4 is 25.2 Å². The second-order valence-electron chi connectivity index (χ2n) is 8.30. The van der Waals surface area contributed by atoms with Crippen molar-refractivity contribution in [3.05, 3.63) is 24.5 Å². The van der Waals surface area contributed by atoms with Gasteiger partial charge in [0.25, 0.3) is 0 Å². The van der Waals surface area contributed by atoms with E-state index in [1.54, 1.807) is 12.4 Å². The number of hydrogen-bond acceptors (Lipinski definition) is 6. The van der Waals surface area contributed by atoms with E-state index in [9.17, 15) is 22.5 Å². The summed E-state index contributed by atoms with van der Waals surface area (Å²) >= 11 is 0. The molecule has 0 radical (unpaired) electrons. The molecule has 1 aliphatic heterocycles. The zero-order valence-corrected chi connectivity index (χ0v) is 19.3. The number of halogens is 4. The van der Waals surface area contributed by atoms with Crippen LogP contribution in [0.1, 0.15) is 40.0 Å². The summed E-state index contributed by atoms with van der Waals surface area (Å²) in [5, 5.41) is 2.72. The number of unbranched alkanes of at least 4 members (excludes halogenated alkanes) is 1. The molecule has 8 nitrogen and oxygen atoms in total. The van der Waals surface area contributed by atoms with Gasteiger partial charge in [-0.1, -0.05) is 0 Å². The van der Waals surface area contributed by atoms with Gasteiger partial charge in [-0.3, -0.25) is 27.4 Å². The van der Waals surface area contributed by atoms with E-state index in [2.05, 4.69) is 15.2 Å². The van der Waals surface area contributed by atoms with Crippen LogP contribution in [0.15, 0.2) is 24.5 Å². The van der Waals surface area contributed by atoms with Crippen molar-refractivity contribution < 1.29 is 32.0 Å². The van der Waals surface area contributed by atoms with Gasteiger partial charge in [-0.2, -0.15) is 0 Å². The Morgan fingerprint density at radius 2 is 1.70 bits per heavy atom. The Hall–Kier alpha value is -2.57. The number of pyridine rings is 1. The number of nitrogens with one attached hydrogen (secondary N) is 1. The summed E-state index contributed by atoms with van der Waals surface area (Å²) in [6.45, 7) is 8.94. The number of nitrogens with zero attached hydrogens (tertiary/aromatic N) is 3. The molecule has 1 aromatic heterocycles. The Labute approximate surface area is 192 Å². The standard InChI is InChI=1S/C20H33N5O3.BF3.FH/c1-20(2,3)28-19(27)23-9-5-4-6-17(21)18(26)25-14-12-24(13-15-25)16-7-10-22-11-8-16;2-1(3)4;/h7-8,10-11,17H,4-6,9,12-15,21H2,1-3H3,(H,23,27);;1H/t17-;;/m0../s1. The minimum atomic E-state index is -3.67. The third-order valence-corrected chi connectivity index (χ3v) is 4.55. The molecular weight excluding hydrogens is 445 g/mol. The fourth-order valence-electron chi connectivity index (χ4n) is 3.09. The second-order valence-corrected chi connectivity index (χ2v) is 8.30. The summed E-state index contributed by atoms with van der Waals surface area (Å²) in [7, 11) is -3.67. The smallest absolute Gasteiger partial charge is 0.444 e. The SMILES string of the molecule is CC(C)(C)OC(=O)NCCCC[C@H](N)C(=O)N1CCN(c2ccncc2)CC1.F.FB(F)F. The molecule has 13 heteroatoms. The van der Waals surface area contributed by atoms with Gasteiger partial charge >= 0.3 is 13.6 Å². The molecule has 2 amide bonds. The van der Waals surface area contributed by atoms with Gasteiger partial charge in [0.05, 0.1) is 6.04 Å². The molecule has 1 aromatic rings. The molecular formula is C20H34BF4N5O3. The maximum atomic E-state index is 12.6. The van der Waals surface area contributed by atoms with Crippen LogP contribution in [0.5, 0.6) is 0 Å². The van der Waals surface area contributed by atoms with Crippen molar-refractivity contribution in [2.24, 2.45) is 5.73 Å². The van der Waals surface area contributed by atoms with Crippen molar-refractivity contribution in [1.82, 2.24) is 15.2 Å². The highest BCUT2D eigenvalue weighted by Crippen LogP contribution is 2.15. The van der Waals surface area contributed by atoms with Crippen LogP contribution < -0.4 is 16.0 Å². The molecule has 0 spiro atoms. The normalized spacial score (nSPS) is 14.3. The molecule has 1 fully saturated rings. The van der Waals surface area contributed by atoms with Crippen molar-refractivity contribution in [2.45, 2.75) is 51.7 Å². The number of carbonyl (C=O) groups excluding carboxylic acids is 2. The number of aromatic nitrogens is 1. The molecule has 0 saturated carbocycles. The van der Waals surface area contributed by atoms with Crippen LogP contribution in [0.2, 0.25) is 0 Å². The maximum absolute atomic E-state index is 12.6. The van der Waals surface area contributed by atoms with Crippen LogP contribution in [-0.2, 0) is 9.53 Å². The van der Waals surface area contributed by atoms with Crippen LogP contribution in [0.3, 0.4) is 0 Å². The van der Waals surface area contributed by atoms with Gasteiger partial charge in [-0.15, -0.1) is 0 Å². The average molecular weight is 479 g/mol. The van der Waals surface area contributed by atoms with E-state index >= 15 is 0 Å². The molecule has 2 heterocycles. The van der Waals surface area contributed by atoms with Crippen LogP contribution in [0.4, 0.5) is 28.1 Å². The molecule has 0 aliphatic carbocycles. The summed E-state index contributed by atoms with van der Waals surface area (Å²) < 4.78 is 34.2. The Morgan fingerprint density at radius 1 is 1.15 bits per heavy atom. The molecule has 3 N–H and O–H groups in total. The number of piperazine rings is 1. The molecule has 2 rings (SSSR count). The molecule has 1 aliphatic rings. The van der Waals surface area contributed by atoms with E-state index in [1.165, 1.54) is 0 Å². The molecule has 0 aromatic carbocycles. The molecule has 1 atom stereocenters. The van der Waals surface area contributed by atoms with Crippen LogP contribution in [0.25, 0.3) is 0 Å². The number of alkyl carbamates (subject to hydrolysis) is 1. The number of amides is 2. The number of nitrogens with two attached hydrogens (primary N) is 1. The highest BCUT2D eigenvalue weighted by molar-refractivity contribution is 6.33. The minimum Gasteiger partial charge on any atom is -0.444 e. The summed E-state index contributed by atoms with van der Waals surface area (Å²) in [5.74, 6) is 0.00878. The Morgan fingerprint density at radius 3 is 2.21 bits per heavy atom. The van der Waals surface area contributed by atoms with Gasteiger partial charge in [0, 0.05) is 50.8 Å². The van der Waals surface area contributed by atoms with Crippen molar-refractivity contribution in [3.63, 3.8) is 0 Å². The number of rotatable bonds is 7. The highest BCUT2D eigenvalue weighted by Gasteiger charge is 2.25. The fourth-order valence-corrected chi connectivity index (χ4v) is 3.09. The molecule has 188 valence electrons. The van der Waals surface area contributed by atoms with E-state index in [0.717, 1.165) is 31.6 Å². The van der Waals surface area contributed by atoms with Gasteiger partial charge in [-0.05, 0) is 52.2 Å². The average Bonchev–Trinajstić information content (AvgIpc) is 2.72. The lowest BCUT2D eigenvalue weighted by Crippen LogP contribution is -2.53. The Kier molecular flexibility index (Phi) is 14.1. The van der Waals surface area contributed by atoms with E-state index in [4.69, 9.17) is 10.5 Å². The summed E-state index contributed by atoms with van der Waals surface area (Å²) in [6, 6.07) is 3.47. The van der Waals surface area contributed by atoms with Gasteiger partial charge in [0.15, 0.2) is 0 Å². The largest absolute Gasteiger partial charge is 0.762 e. The predicted octanol–water partition coefficient (Wildman–Crippen LogP) is 2.78. The predicted molar refractivity (Wildman–Crippen MR) is 121 cm³/mol. The zero-order valence-electron chi connectivity index (χ0n) is 19.3. The van der Waals surface area contributed by atoms with Crippen molar-refractivity contribution in [2.75, 3.05) is 37.6 Å². The van der Waals surface area contributed by atoms with Crippen molar-refractivity contribution in [3.8, 4) is 0 Å². The third-order valence-electron chi connectivity index (χ3n) is 4.55. The van der Waals surface area contributed by atoms with Gasteiger partial charge in [0.1, 0.15) is 5.60 Å². The third kappa shape index (κ3) is 13.6. The first-order chi connectivity index (χ1) is 15.0. The second kappa shape index (κ2) is 15.3. The minimum absolute atomic E-state index is 0. The van der Waals surface area contributed by atoms with Crippen LogP contribution in [0, 0.1) is 0 Å². The first-order valence-corrected chi connectivity index (χ1v) is 10.6. The van der Waals surface area contributed by atoms with Gasteiger partial charge in [0.2, 0.25) is 5.91 Å². The Balaban J connectivity index is 0.00000189. The number of anilines is 1. The molecule has 0 bridgehead atoms. The van der Waals surface area contributed by atoms with E-state index < -0.39 is 25.3 Å². The monoisotopic (exact) mass is 479 g/mol. The topological polar surface area (TPSA) is 101 Å². The number of ether oxygens (including phenoxy) is 1. The first-order valence-electron chi connectivity index (χ1n) is 10.6. The van der Waals surface area contributed by atoms with E-state index in [-0.39, 0.29) is 10.6 Å².